The lowest BCUT2D eigenvalue weighted by Crippen LogP contribution is -2.16. The maximum absolute atomic E-state index is 14.5. The molecule has 2 heterocycles. The van der Waals surface area contributed by atoms with Crippen LogP contribution in [-0.2, 0) is 13.1 Å². The molecule has 0 radical (unpaired) electrons. The first-order valence-corrected chi connectivity index (χ1v) is 8.72. The summed E-state index contributed by atoms with van der Waals surface area (Å²) in [5, 5.41) is 0.588. The molecule has 26 heavy (non-hydrogen) atoms. The maximum atomic E-state index is 14.5. The van der Waals surface area contributed by atoms with Crippen LogP contribution in [-0.4, -0.2) is 34.3 Å². The molecule has 1 aliphatic heterocycles. The van der Waals surface area contributed by atoms with Gasteiger partial charge >= 0.3 is 0 Å². The topological polar surface area (TPSA) is 33.4 Å². The van der Waals surface area contributed by atoms with E-state index >= 15 is 0 Å². The lowest BCUT2D eigenvalue weighted by Gasteiger charge is -2.17. The van der Waals surface area contributed by atoms with E-state index in [0.29, 0.717) is 22.8 Å². The first-order chi connectivity index (χ1) is 12.5. The molecule has 4 nitrogen and oxygen atoms in total. The summed E-state index contributed by atoms with van der Waals surface area (Å²) in [4.78, 5) is 11.3. The molecular weight excluding hydrogens is 351 g/mol. The van der Waals surface area contributed by atoms with E-state index in [4.69, 9.17) is 16.6 Å². The highest BCUT2D eigenvalue weighted by atomic mass is 35.5. The molecule has 6 heteroatoms. The second-order valence-corrected chi connectivity index (χ2v) is 6.98. The molecule has 3 aromatic rings. The van der Waals surface area contributed by atoms with Crippen molar-refractivity contribution in [2.45, 2.75) is 13.1 Å². The molecule has 0 spiro atoms. The van der Waals surface area contributed by atoms with Crippen LogP contribution in [0, 0.1) is 5.82 Å². The number of benzene rings is 2. The molecular formula is C20H18ClFN4. The Morgan fingerprint density at radius 1 is 1.15 bits per heavy atom. The monoisotopic (exact) mass is 368 g/mol. The van der Waals surface area contributed by atoms with Crippen LogP contribution < -0.4 is 0 Å². The van der Waals surface area contributed by atoms with Gasteiger partial charge in [-0.25, -0.2) is 9.37 Å². The number of aliphatic imine (C=N–C) groups is 1. The molecule has 1 aromatic heterocycles. The zero-order valence-corrected chi connectivity index (χ0v) is 15.3. The number of halogens is 2. The van der Waals surface area contributed by atoms with Crippen LogP contribution in [0.5, 0.6) is 0 Å². The van der Waals surface area contributed by atoms with E-state index in [9.17, 15) is 4.39 Å². The van der Waals surface area contributed by atoms with Crippen molar-refractivity contribution in [1.29, 1.82) is 0 Å². The molecule has 132 valence electrons. The Hall–Kier alpha value is -2.50. The Balaban J connectivity index is 1.95. The number of imidazole rings is 1. The first-order valence-electron chi connectivity index (χ1n) is 8.34. The molecule has 0 aliphatic carbocycles. The van der Waals surface area contributed by atoms with Crippen LogP contribution in [0.4, 0.5) is 4.39 Å². The first kappa shape index (κ1) is 16.9. The van der Waals surface area contributed by atoms with Crippen molar-refractivity contribution >= 4 is 17.3 Å². The third kappa shape index (κ3) is 2.93. The molecule has 0 saturated carbocycles. The highest BCUT2D eigenvalue weighted by molar-refractivity contribution is 6.31. The predicted octanol–water partition coefficient (Wildman–Crippen LogP) is 4.08. The van der Waals surface area contributed by atoms with Crippen molar-refractivity contribution in [2.75, 3.05) is 14.1 Å². The summed E-state index contributed by atoms with van der Waals surface area (Å²) < 4.78 is 16.6. The molecule has 0 amide bonds. The second-order valence-electron chi connectivity index (χ2n) is 6.55. The van der Waals surface area contributed by atoms with E-state index in [-0.39, 0.29) is 5.82 Å². The number of rotatable bonds is 3. The van der Waals surface area contributed by atoms with Crippen molar-refractivity contribution in [2.24, 2.45) is 4.99 Å². The Bertz CT molecular complexity index is 1010. The fraction of sp³-hybridized carbons (Fsp3) is 0.200. The van der Waals surface area contributed by atoms with E-state index in [0.717, 1.165) is 29.3 Å². The largest absolute Gasteiger partial charge is 0.304 e. The Morgan fingerprint density at radius 2 is 1.96 bits per heavy atom. The van der Waals surface area contributed by atoms with Crippen molar-refractivity contribution in [3.05, 3.63) is 82.1 Å². The van der Waals surface area contributed by atoms with Crippen molar-refractivity contribution < 1.29 is 4.39 Å². The molecule has 0 unspecified atom stereocenters. The summed E-state index contributed by atoms with van der Waals surface area (Å²) in [6.45, 7) is 1.12. The van der Waals surface area contributed by atoms with Crippen LogP contribution in [0.2, 0.25) is 5.02 Å². The number of aromatic nitrogens is 2. The SMILES string of the molecule is CN(C)Cc1cnc2n1-c1ccc(Cl)cc1C(c1ccccc1F)=NC2. The van der Waals surface area contributed by atoms with Gasteiger partial charge in [0.2, 0.25) is 0 Å². The summed E-state index contributed by atoms with van der Waals surface area (Å²) in [5.41, 5.74) is 3.84. The van der Waals surface area contributed by atoms with Gasteiger partial charge in [-0.05, 0) is 44.4 Å². The quantitative estimate of drug-likeness (QED) is 0.698. The van der Waals surface area contributed by atoms with Crippen LogP contribution in [0.15, 0.2) is 53.7 Å². The van der Waals surface area contributed by atoms with Gasteiger partial charge in [0.1, 0.15) is 11.6 Å². The molecule has 2 aromatic carbocycles. The summed E-state index contributed by atoms with van der Waals surface area (Å²) >= 11 is 6.27. The van der Waals surface area contributed by atoms with E-state index in [1.807, 2.05) is 44.6 Å². The van der Waals surface area contributed by atoms with Crippen LogP contribution in [0.3, 0.4) is 0 Å². The number of fused-ring (bicyclic) bond motifs is 3. The Labute approximate surface area is 156 Å². The van der Waals surface area contributed by atoms with Gasteiger partial charge in [-0.2, -0.15) is 0 Å². The molecule has 1 aliphatic rings. The second kappa shape index (κ2) is 6.67. The highest BCUT2D eigenvalue weighted by Crippen LogP contribution is 2.29. The van der Waals surface area contributed by atoms with E-state index in [1.54, 1.807) is 12.1 Å². The van der Waals surface area contributed by atoms with Gasteiger partial charge in [0.25, 0.3) is 0 Å². The van der Waals surface area contributed by atoms with Crippen LogP contribution in [0.25, 0.3) is 5.69 Å². The van der Waals surface area contributed by atoms with Gasteiger partial charge in [0, 0.05) is 22.7 Å². The van der Waals surface area contributed by atoms with Gasteiger partial charge in [-0.3, -0.25) is 9.56 Å². The maximum Gasteiger partial charge on any atom is 0.135 e. The Morgan fingerprint density at radius 3 is 2.73 bits per heavy atom. The van der Waals surface area contributed by atoms with E-state index in [2.05, 4.69) is 14.5 Å². The summed E-state index contributed by atoms with van der Waals surface area (Å²) in [6.07, 6.45) is 1.87. The standard InChI is InChI=1S/C20H18ClFN4/c1-25(2)12-14-10-23-19-11-24-20(15-5-3-4-6-17(15)22)16-9-13(21)7-8-18(16)26(14)19/h3-10H,11-12H2,1-2H3. The third-order valence-electron chi connectivity index (χ3n) is 4.35. The highest BCUT2D eigenvalue weighted by Gasteiger charge is 2.23. The Kier molecular flexibility index (Phi) is 4.34. The molecule has 0 bridgehead atoms. The average Bonchev–Trinajstić information content (AvgIpc) is 2.91. The third-order valence-corrected chi connectivity index (χ3v) is 4.58. The zero-order valence-electron chi connectivity index (χ0n) is 14.6. The minimum Gasteiger partial charge on any atom is -0.304 e. The molecule has 0 saturated heterocycles. The number of nitrogens with zero attached hydrogens (tertiary/aromatic N) is 4. The minimum atomic E-state index is -0.301. The number of hydrogen-bond donors (Lipinski definition) is 0. The predicted molar refractivity (Wildman–Crippen MR) is 102 cm³/mol. The van der Waals surface area contributed by atoms with Crippen molar-refractivity contribution in [3.63, 3.8) is 0 Å². The molecule has 0 fully saturated rings. The van der Waals surface area contributed by atoms with Crippen molar-refractivity contribution in [1.82, 2.24) is 14.5 Å². The van der Waals surface area contributed by atoms with E-state index in [1.165, 1.54) is 6.07 Å². The fourth-order valence-electron chi connectivity index (χ4n) is 3.28. The smallest absolute Gasteiger partial charge is 0.135 e. The summed E-state index contributed by atoms with van der Waals surface area (Å²) in [5.74, 6) is 0.530. The lowest BCUT2D eigenvalue weighted by molar-refractivity contribution is 0.393. The van der Waals surface area contributed by atoms with Gasteiger partial charge < -0.3 is 4.90 Å². The molecule has 0 atom stereocenters. The van der Waals surface area contributed by atoms with Crippen LogP contribution in [0.1, 0.15) is 22.6 Å². The van der Waals surface area contributed by atoms with Crippen LogP contribution >= 0.6 is 11.6 Å². The van der Waals surface area contributed by atoms with E-state index < -0.39 is 0 Å². The van der Waals surface area contributed by atoms with Gasteiger partial charge in [0.15, 0.2) is 0 Å². The minimum absolute atomic E-state index is 0.301. The van der Waals surface area contributed by atoms with Gasteiger partial charge in [0.05, 0.1) is 29.8 Å². The fourth-order valence-corrected chi connectivity index (χ4v) is 3.45. The normalized spacial score (nSPS) is 13.2. The number of hydrogen-bond acceptors (Lipinski definition) is 3. The lowest BCUT2D eigenvalue weighted by atomic mass is 10.00. The van der Waals surface area contributed by atoms with Gasteiger partial charge in [-0.15, -0.1) is 0 Å². The summed E-state index contributed by atoms with van der Waals surface area (Å²) in [6, 6.07) is 12.3. The zero-order chi connectivity index (χ0) is 18.3. The average molecular weight is 369 g/mol. The van der Waals surface area contributed by atoms with Gasteiger partial charge in [-0.1, -0.05) is 23.7 Å². The summed E-state index contributed by atoms with van der Waals surface area (Å²) in [7, 11) is 4.03. The van der Waals surface area contributed by atoms with Crippen molar-refractivity contribution in [3.8, 4) is 5.69 Å². The molecule has 0 N–H and O–H groups in total. The molecule has 4 rings (SSSR count).